The number of carbonyl (C=O) groups excluding carboxylic acids is 1. The maximum atomic E-state index is 11.7. The molecule has 4 heteroatoms. The van der Waals surface area contributed by atoms with Gasteiger partial charge >= 0.3 is 0 Å². The van der Waals surface area contributed by atoms with Crippen LogP contribution >= 0.6 is 0 Å². The molecule has 1 amide bonds. The van der Waals surface area contributed by atoms with Gasteiger partial charge in [0, 0.05) is 11.4 Å². The molecule has 2 aromatic rings. The fraction of sp³-hybridized carbons (Fsp3) is 0.188. The molecule has 0 atom stereocenters. The molecule has 0 saturated carbocycles. The van der Waals surface area contributed by atoms with Crippen LogP contribution in [0, 0.1) is 0 Å². The van der Waals surface area contributed by atoms with Gasteiger partial charge in [0.25, 0.3) is 5.91 Å². The number of hydrogen-bond donors (Lipinski definition) is 2. The summed E-state index contributed by atoms with van der Waals surface area (Å²) in [7, 11) is 0. The number of ether oxygens (including phenoxy) is 1. The van der Waals surface area contributed by atoms with Crippen molar-refractivity contribution in [2.75, 3.05) is 17.7 Å². The number of aryl methyl sites for hydroxylation is 1. The number of nitrogens with two attached hydrogens (primary N) is 1. The van der Waals surface area contributed by atoms with Crippen molar-refractivity contribution in [3.05, 3.63) is 54.1 Å². The van der Waals surface area contributed by atoms with Crippen LogP contribution in [0.1, 0.15) is 12.5 Å². The Balaban J connectivity index is 1.83. The van der Waals surface area contributed by atoms with Gasteiger partial charge in [-0.25, -0.2) is 0 Å². The van der Waals surface area contributed by atoms with Crippen LogP contribution in [0.3, 0.4) is 0 Å². The summed E-state index contributed by atoms with van der Waals surface area (Å²) in [5.41, 5.74) is 8.18. The van der Waals surface area contributed by atoms with Gasteiger partial charge in [-0.3, -0.25) is 4.79 Å². The Morgan fingerprint density at radius 1 is 1.10 bits per heavy atom. The molecule has 0 fully saturated rings. The Kier molecular flexibility index (Phi) is 4.60. The van der Waals surface area contributed by atoms with E-state index in [1.807, 2.05) is 24.3 Å². The lowest BCUT2D eigenvalue weighted by Crippen LogP contribution is -2.20. The number of rotatable bonds is 5. The minimum atomic E-state index is -0.200. The van der Waals surface area contributed by atoms with Crippen LogP contribution in [-0.4, -0.2) is 12.5 Å². The molecule has 0 spiro atoms. The molecule has 2 aromatic carbocycles. The molecule has 0 aliphatic carbocycles. The van der Waals surface area contributed by atoms with Gasteiger partial charge < -0.3 is 15.8 Å². The van der Waals surface area contributed by atoms with Crippen molar-refractivity contribution < 1.29 is 9.53 Å². The number of hydrogen-bond acceptors (Lipinski definition) is 3. The summed E-state index contributed by atoms with van der Waals surface area (Å²) in [4.78, 5) is 11.7. The maximum Gasteiger partial charge on any atom is 0.262 e. The monoisotopic (exact) mass is 270 g/mol. The van der Waals surface area contributed by atoms with Gasteiger partial charge in [0.2, 0.25) is 0 Å². The van der Waals surface area contributed by atoms with E-state index in [0.717, 1.165) is 6.42 Å². The second kappa shape index (κ2) is 6.61. The van der Waals surface area contributed by atoms with Crippen LogP contribution < -0.4 is 15.8 Å². The third-order valence-electron chi connectivity index (χ3n) is 2.90. The van der Waals surface area contributed by atoms with Crippen LogP contribution in [0.5, 0.6) is 5.75 Å². The molecule has 2 rings (SSSR count). The lowest BCUT2D eigenvalue weighted by molar-refractivity contribution is -0.118. The lowest BCUT2D eigenvalue weighted by Gasteiger charge is -2.08. The van der Waals surface area contributed by atoms with Crippen LogP contribution in [-0.2, 0) is 11.2 Å². The zero-order valence-electron chi connectivity index (χ0n) is 11.4. The van der Waals surface area contributed by atoms with E-state index in [9.17, 15) is 4.79 Å². The summed E-state index contributed by atoms with van der Waals surface area (Å²) in [6, 6.07) is 14.7. The second-order valence-corrected chi connectivity index (χ2v) is 4.46. The number of carbonyl (C=O) groups is 1. The number of benzene rings is 2. The van der Waals surface area contributed by atoms with E-state index < -0.39 is 0 Å². The number of anilines is 2. The van der Waals surface area contributed by atoms with Crippen LogP contribution in [0.2, 0.25) is 0 Å². The minimum Gasteiger partial charge on any atom is -0.484 e. The predicted octanol–water partition coefficient (Wildman–Crippen LogP) is 2.85. The fourth-order valence-corrected chi connectivity index (χ4v) is 1.73. The number of amides is 1. The first-order valence-corrected chi connectivity index (χ1v) is 6.54. The first kappa shape index (κ1) is 13.9. The van der Waals surface area contributed by atoms with Crippen molar-refractivity contribution in [1.82, 2.24) is 0 Å². The molecule has 20 heavy (non-hydrogen) atoms. The highest BCUT2D eigenvalue weighted by Crippen LogP contribution is 2.13. The molecular formula is C16H18N2O2. The van der Waals surface area contributed by atoms with Crippen molar-refractivity contribution in [2.45, 2.75) is 13.3 Å². The van der Waals surface area contributed by atoms with E-state index in [0.29, 0.717) is 17.1 Å². The number of nitrogens with one attached hydrogen (secondary N) is 1. The second-order valence-electron chi connectivity index (χ2n) is 4.46. The highest BCUT2D eigenvalue weighted by atomic mass is 16.5. The van der Waals surface area contributed by atoms with E-state index in [2.05, 4.69) is 12.2 Å². The van der Waals surface area contributed by atoms with Gasteiger partial charge in [-0.1, -0.05) is 19.1 Å². The highest BCUT2D eigenvalue weighted by molar-refractivity contribution is 5.92. The van der Waals surface area contributed by atoms with Gasteiger partial charge in [-0.05, 0) is 48.4 Å². The SMILES string of the molecule is CCc1ccc(OCC(=O)Nc2ccc(N)cc2)cc1. The Labute approximate surface area is 118 Å². The fourth-order valence-electron chi connectivity index (χ4n) is 1.73. The Hall–Kier alpha value is -2.49. The highest BCUT2D eigenvalue weighted by Gasteiger charge is 2.03. The Morgan fingerprint density at radius 3 is 2.35 bits per heavy atom. The predicted molar refractivity (Wildman–Crippen MR) is 80.8 cm³/mol. The summed E-state index contributed by atoms with van der Waals surface area (Å²) in [5.74, 6) is 0.490. The third kappa shape index (κ3) is 4.02. The molecule has 3 N–H and O–H groups in total. The average Bonchev–Trinajstić information content (AvgIpc) is 2.48. The molecule has 104 valence electrons. The first-order chi connectivity index (χ1) is 9.67. The van der Waals surface area contributed by atoms with E-state index in [1.165, 1.54) is 5.56 Å². The normalized spacial score (nSPS) is 10.1. The molecule has 4 nitrogen and oxygen atoms in total. The largest absolute Gasteiger partial charge is 0.484 e. The summed E-state index contributed by atoms with van der Waals surface area (Å²) in [6.45, 7) is 2.08. The van der Waals surface area contributed by atoms with Gasteiger partial charge in [0.05, 0.1) is 0 Å². The van der Waals surface area contributed by atoms with E-state index in [4.69, 9.17) is 10.5 Å². The molecular weight excluding hydrogens is 252 g/mol. The smallest absolute Gasteiger partial charge is 0.262 e. The topological polar surface area (TPSA) is 64.3 Å². The quantitative estimate of drug-likeness (QED) is 0.821. The standard InChI is InChI=1S/C16H18N2O2/c1-2-12-3-9-15(10-4-12)20-11-16(19)18-14-7-5-13(17)6-8-14/h3-10H,2,11,17H2,1H3,(H,18,19). The zero-order valence-corrected chi connectivity index (χ0v) is 11.4. The minimum absolute atomic E-state index is 0.0180. The molecule has 0 bridgehead atoms. The lowest BCUT2D eigenvalue weighted by atomic mass is 10.2. The maximum absolute atomic E-state index is 11.7. The molecule has 0 aromatic heterocycles. The van der Waals surface area contributed by atoms with Crippen molar-refractivity contribution in [3.8, 4) is 5.75 Å². The van der Waals surface area contributed by atoms with Crippen LogP contribution in [0.4, 0.5) is 11.4 Å². The van der Waals surface area contributed by atoms with Gasteiger partial charge in [0.15, 0.2) is 6.61 Å². The van der Waals surface area contributed by atoms with Crippen molar-refractivity contribution >= 4 is 17.3 Å². The molecule has 0 aliphatic heterocycles. The van der Waals surface area contributed by atoms with Gasteiger partial charge in [0.1, 0.15) is 5.75 Å². The molecule has 0 radical (unpaired) electrons. The third-order valence-corrected chi connectivity index (χ3v) is 2.90. The van der Waals surface area contributed by atoms with E-state index in [1.54, 1.807) is 24.3 Å². The van der Waals surface area contributed by atoms with Gasteiger partial charge in [-0.15, -0.1) is 0 Å². The molecule has 0 heterocycles. The summed E-state index contributed by atoms with van der Waals surface area (Å²) >= 11 is 0. The zero-order chi connectivity index (χ0) is 14.4. The summed E-state index contributed by atoms with van der Waals surface area (Å²) < 4.78 is 5.43. The number of nitrogen functional groups attached to an aromatic ring is 1. The molecule has 0 unspecified atom stereocenters. The van der Waals surface area contributed by atoms with Crippen molar-refractivity contribution in [2.24, 2.45) is 0 Å². The van der Waals surface area contributed by atoms with E-state index >= 15 is 0 Å². The first-order valence-electron chi connectivity index (χ1n) is 6.54. The van der Waals surface area contributed by atoms with Gasteiger partial charge in [-0.2, -0.15) is 0 Å². The van der Waals surface area contributed by atoms with E-state index in [-0.39, 0.29) is 12.5 Å². The van der Waals surface area contributed by atoms with Crippen molar-refractivity contribution in [1.29, 1.82) is 0 Å². The summed E-state index contributed by atoms with van der Waals surface area (Å²) in [5, 5.41) is 2.74. The Morgan fingerprint density at radius 2 is 1.75 bits per heavy atom. The summed E-state index contributed by atoms with van der Waals surface area (Å²) in [6.07, 6.45) is 0.984. The molecule has 0 saturated heterocycles. The molecule has 0 aliphatic rings. The average molecular weight is 270 g/mol. The van der Waals surface area contributed by atoms with Crippen molar-refractivity contribution in [3.63, 3.8) is 0 Å². The van der Waals surface area contributed by atoms with Crippen LogP contribution in [0.25, 0.3) is 0 Å². The van der Waals surface area contributed by atoms with Crippen LogP contribution in [0.15, 0.2) is 48.5 Å². The Bertz CT molecular complexity index is 562.